The Hall–Kier alpha value is -0.340. The lowest BCUT2D eigenvalue weighted by Gasteiger charge is -2.58. The van der Waals surface area contributed by atoms with Gasteiger partial charge in [-0.3, -0.25) is 0 Å². The van der Waals surface area contributed by atoms with Crippen LogP contribution in [0, 0.1) is 34.5 Å². The first kappa shape index (κ1) is 18.0. The number of hydrogen-bond donors (Lipinski definition) is 1. The summed E-state index contributed by atoms with van der Waals surface area (Å²) < 4.78 is 0. The van der Waals surface area contributed by atoms with Gasteiger partial charge in [-0.25, -0.2) is 0 Å². The van der Waals surface area contributed by atoms with Crippen molar-refractivity contribution >= 4 is 0 Å². The maximum Gasteiger partial charge on any atom is 0.0577 e. The second-order valence-electron chi connectivity index (χ2n) is 10.6. The van der Waals surface area contributed by atoms with Gasteiger partial charge in [0.25, 0.3) is 0 Å². The summed E-state index contributed by atoms with van der Waals surface area (Å²) >= 11 is 0. The topological polar surface area (TPSA) is 23.5 Å². The summed E-state index contributed by atoms with van der Waals surface area (Å²) in [5, 5.41) is 10.2. The third kappa shape index (κ3) is 2.57. The van der Waals surface area contributed by atoms with Crippen molar-refractivity contribution < 1.29 is 5.11 Å². The summed E-state index contributed by atoms with van der Waals surface area (Å²) in [6.07, 6.45) is 12.7. The van der Waals surface area contributed by atoms with Gasteiger partial charge < -0.3 is 10.0 Å². The van der Waals surface area contributed by atoms with Gasteiger partial charge in [-0.15, -0.1) is 0 Å². The molecule has 25 heavy (non-hydrogen) atoms. The molecule has 0 aromatic heterocycles. The average Bonchev–Trinajstić information content (AvgIpc) is 2.92. The van der Waals surface area contributed by atoms with Gasteiger partial charge in [0.2, 0.25) is 0 Å². The normalized spacial score (nSPS) is 50.7. The van der Waals surface area contributed by atoms with Crippen LogP contribution in [-0.4, -0.2) is 36.2 Å². The van der Waals surface area contributed by atoms with Gasteiger partial charge in [0.15, 0.2) is 0 Å². The third-order valence-electron chi connectivity index (χ3n) is 9.55. The molecule has 3 saturated carbocycles. The molecule has 2 nitrogen and oxygen atoms in total. The maximum atomic E-state index is 10.2. The lowest BCUT2D eigenvalue weighted by atomic mass is 9.47. The SMILES string of the molecule is CC(C1CCC2C3CC=C4CC(O)CCC4(C)C3CCC21C)N(C)C. The van der Waals surface area contributed by atoms with Gasteiger partial charge in [-0.1, -0.05) is 25.5 Å². The molecular formula is C23H39NO. The van der Waals surface area contributed by atoms with E-state index in [0.29, 0.717) is 16.9 Å². The maximum absolute atomic E-state index is 10.2. The summed E-state index contributed by atoms with van der Waals surface area (Å²) in [5.74, 6) is 3.54. The number of aliphatic hydroxyl groups is 1. The Balaban J connectivity index is 1.62. The van der Waals surface area contributed by atoms with E-state index in [1.165, 1.54) is 38.5 Å². The number of hydrogen-bond acceptors (Lipinski definition) is 2. The standard InChI is InChI=1S/C23H39NO/c1-15(24(4)5)19-8-9-20-18-7-6-16-14-17(25)10-12-22(16,2)21(18)11-13-23(19,20)3/h6,15,17-21,25H,7-14H2,1-5H3. The molecule has 0 heterocycles. The Kier molecular flexibility index (Phi) is 4.40. The molecule has 1 N–H and O–H groups in total. The van der Waals surface area contributed by atoms with Crippen LogP contribution in [-0.2, 0) is 0 Å². The summed E-state index contributed by atoms with van der Waals surface area (Å²) in [6, 6.07) is 0.696. The van der Waals surface area contributed by atoms with Crippen molar-refractivity contribution in [3.63, 3.8) is 0 Å². The van der Waals surface area contributed by atoms with Crippen molar-refractivity contribution in [1.82, 2.24) is 4.90 Å². The van der Waals surface area contributed by atoms with Gasteiger partial charge in [0.05, 0.1) is 6.10 Å². The molecule has 4 aliphatic carbocycles. The monoisotopic (exact) mass is 345 g/mol. The quantitative estimate of drug-likeness (QED) is 0.721. The zero-order valence-corrected chi connectivity index (χ0v) is 17.1. The van der Waals surface area contributed by atoms with Crippen molar-refractivity contribution in [2.75, 3.05) is 14.1 Å². The highest BCUT2D eigenvalue weighted by molar-refractivity contribution is 5.25. The van der Waals surface area contributed by atoms with Crippen LogP contribution in [0.3, 0.4) is 0 Å². The Morgan fingerprint density at radius 1 is 1.08 bits per heavy atom. The summed E-state index contributed by atoms with van der Waals surface area (Å²) in [4.78, 5) is 2.45. The minimum Gasteiger partial charge on any atom is -0.393 e. The van der Waals surface area contributed by atoms with Crippen LogP contribution in [0.15, 0.2) is 11.6 Å². The van der Waals surface area contributed by atoms with E-state index in [1.54, 1.807) is 5.57 Å². The lowest BCUT2D eigenvalue weighted by molar-refractivity contribution is -0.0586. The number of allylic oxidation sites excluding steroid dienone is 1. The fourth-order valence-corrected chi connectivity index (χ4v) is 7.83. The minimum atomic E-state index is -0.0819. The molecule has 0 aromatic rings. The van der Waals surface area contributed by atoms with Crippen LogP contribution >= 0.6 is 0 Å². The largest absolute Gasteiger partial charge is 0.393 e. The zero-order valence-electron chi connectivity index (χ0n) is 17.1. The van der Waals surface area contributed by atoms with Gasteiger partial charge in [0.1, 0.15) is 0 Å². The van der Waals surface area contributed by atoms with Crippen molar-refractivity contribution in [2.24, 2.45) is 34.5 Å². The van der Waals surface area contributed by atoms with E-state index in [1.807, 2.05) is 0 Å². The van der Waals surface area contributed by atoms with E-state index >= 15 is 0 Å². The first-order valence-electron chi connectivity index (χ1n) is 10.8. The van der Waals surface area contributed by atoms with Crippen molar-refractivity contribution in [3.05, 3.63) is 11.6 Å². The van der Waals surface area contributed by atoms with Crippen LogP contribution in [0.4, 0.5) is 0 Å². The van der Waals surface area contributed by atoms with Crippen LogP contribution in [0.25, 0.3) is 0 Å². The Bertz CT molecular complexity index is 554. The molecule has 0 amide bonds. The summed E-state index contributed by atoms with van der Waals surface area (Å²) in [5.41, 5.74) is 2.53. The van der Waals surface area contributed by atoms with Crippen molar-refractivity contribution in [2.45, 2.75) is 84.3 Å². The molecule has 8 unspecified atom stereocenters. The Morgan fingerprint density at radius 2 is 1.84 bits per heavy atom. The van der Waals surface area contributed by atoms with E-state index in [4.69, 9.17) is 0 Å². The molecule has 8 atom stereocenters. The smallest absolute Gasteiger partial charge is 0.0577 e. The summed E-state index contributed by atoms with van der Waals surface area (Å²) in [7, 11) is 4.52. The number of rotatable bonds is 2. The fourth-order valence-electron chi connectivity index (χ4n) is 7.83. The molecule has 0 bridgehead atoms. The van der Waals surface area contributed by atoms with Gasteiger partial charge in [-0.2, -0.15) is 0 Å². The molecule has 4 rings (SSSR count). The van der Waals surface area contributed by atoms with E-state index < -0.39 is 0 Å². The van der Waals surface area contributed by atoms with Crippen LogP contribution in [0.5, 0.6) is 0 Å². The zero-order chi connectivity index (χ0) is 18.0. The molecule has 2 heteroatoms. The van der Waals surface area contributed by atoms with Gasteiger partial charge in [0, 0.05) is 6.04 Å². The van der Waals surface area contributed by atoms with Crippen LogP contribution in [0.2, 0.25) is 0 Å². The van der Waals surface area contributed by atoms with Gasteiger partial charge >= 0.3 is 0 Å². The van der Waals surface area contributed by atoms with Crippen molar-refractivity contribution in [1.29, 1.82) is 0 Å². The molecule has 0 spiro atoms. The van der Waals surface area contributed by atoms with E-state index in [0.717, 1.165) is 36.5 Å². The first-order valence-corrected chi connectivity index (χ1v) is 10.8. The average molecular weight is 346 g/mol. The second kappa shape index (κ2) is 6.09. The molecular weight excluding hydrogens is 306 g/mol. The number of nitrogens with zero attached hydrogens (tertiary/aromatic N) is 1. The molecule has 0 aliphatic heterocycles. The Labute approximate surface area is 155 Å². The Morgan fingerprint density at radius 3 is 2.56 bits per heavy atom. The highest BCUT2D eigenvalue weighted by Gasteiger charge is 2.59. The summed E-state index contributed by atoms with van der Waals surface area (Å²) in [6.45, 7) is 7.63. The molecule has 3 fully saturated rings. The van der Waals surface area contributed by atoms with Crippen molar-refractivity contribution in [3.8, 4) is 0 Å². The predicted octanol–water partition coefficient (Wildman–Crippen LogP) is 4.88. The predicted molar refractivity (Wildman–Crippen MR) is 104 cm³/mol. The fraction of sp³-hybridized carbons (Fsp3) is 0.913. The highest BCUT2D eigenvalue weighted by Crippen LogP contribution is 2.66. The third-order valence-corrected chi connectivity index (χ3v) is 9.55. The minimum absolute atomic E-state index is 0.0819. The van der Waals surface area contributed by atoms with Gasteiger partial charge in [-0.05, 0) is 107 Å². The van der Waals surface area contributed by atoms with E-state index in [9.17, 15) is 5.11 Å². The molecule has 4 aliphatic rings. The molecule has 0 saturated heterocycles. The van der Waals surface area contributed by atoms with Crippen LogP contribution < -0.4 is 0 Å². The number of fused-ring (bicyclic) bond motifs is 5. The lowest BCUT2D eigenvalue weighted by Crippen LogP contribution is -2.52. The van der Waals surface area contributed by atoms with E-state index in [2.05, 4.69) is 45.8 Å². The molecule has 0 radical (unpaired) electrons. The van der Waals surface area contributed by atoms with E-state index in [-0.39, 0.29) is 6.10 Å². The van der Waals surface area contributed by atoms with Crippen LogP contribution in [0.1, 0.15) is 72.1 Å². The molecule has 0 aromatic carbocycles. The molecule has 142 valence electrons. The second-order valence-corrected chi connectivity index (χ2v) is 10.6. The number of aliphatic hydroxyl groups excluding tert-OH is 1. The highest BCUT2D eigenvalue weighted by atomic mass is 16.3. The first-order chi connectivity index (χ1) is 11.8.